The van der Waals surface area contributed by atoms with E-state index >= 15 is 0 Å². The molecule has 1 fully saturated rings. The number of piperidine rings is 1. The molecule has 5 rings (SSSR count). The molecule has 29 heavy (non-hydrogen) atoms. The van der Waals surface area contributed by atoms with Crippen molar-refractivity contribution in [2.45, 2.75) is 46.1 Å². The van der Waals surface area contributed by atoms with Gasteiger partial charge in [-0.2, -0.15) is 0 Å². The Kier molecular flexibility index (Phi) is 4.54. The summed E-state index contributed by atoms with van der Waals surface area (Å²) in [4.78, 5) is 29.2. The number of aryl methyl sites for hydroxylation is 2. The van der Waals surface area contributed by atoms with Crippen LogP contribution in [0, 0.1) is 19.8 Å². The van der Waals surface area contributed by atoms with Gasteiger partial charge in [0.15, 0.2) is 0 Å². The van der Waals surface area contributed by atoms with Crippen LogP contribution >= 0.6 is 11.3 Å². The molecule has 2 aromatic heterocycles. The lowest BCUT2D eigenvalue weighted by atomic mass is 9.94. The molecule has 2 aliphatic heterocycles. The molecule has 0 N–H and O–H groups in total. The summed E-state index contributed by atoms with van der Waals surface area (Å²) in [5.41, 5.74) is 3.67. The number of hydrogen-bond acceptors (Lipinski definition) is 5. The van der Waals surface area contributed by atoms with Gasteiger partial charge in [-0.1, -0.05) is 18.2 Å². The van der Waals surface area contributed by atoms with E-state index < -0.39 is 0 Å². The van der Waals surface area contributed by atoms with Crippen molar-refractivity contribution in [3.63, 3.8) is 0 Å². The fourth-order valence-electron chi connectivity index (χ4n) is 4.84. The maximum absolute atomic E-state index is 13.4. The third-order valence-corrected chi connectivity index (χ3v) is 7.65. The van der Waals surface area contributed by atoms with E-state index in [2.05, 4.69) is 53.8 Å². The van der Waals surface area contributed by atoms with Crippen molar-refractivity contribution >= 4 is 39.0 Å². The van der Waals surface area contributed by atoms with Gasteiger partial charge in [0, 0.05) is 35.6 Å². The second-order valence-corrected chi connectivity index (χ2v) is 9.52. The van der Waals surface area contributed by atoms with Gasteiger partial charge in [0.05, 0.1) is 5.39 Å². The molecule has 6 heteroatoms. The molecular formula is C23H26N4OS. The van der Waals surface area contributed by atoms with Crippen molar-refractivity contribution < 1.29 is 4.79 Å². The Balaban J connectivity index is 1.34. The smallest absolute Gasteiger partial charge is 0.230 e. The minimum atomic E-state index is 0.0856. The zero-order valence-corrected chi connectivity index (χ0v) is 18.0. The highest BCUT2D eigenvalue weighted by molar-refractivity contribution is 7.18. The molecule has 5 nitrogen and oxygen atoms in total. The number of anilines is 2. The molecule has 0 radical (unpaired) electrons. The van der Waals surface area contributed by atoms with Crippen LogP contribution < -0.4 is 9.80 Å². The van der Waals surface area contributed by atoms with Gasteiger partial charge in [-0.25, -0.2) is 9.97 Å². The lowest BCUT2D eigenvalue weighted by Crippen LogP contribution is -2.45. The number of nitrogens with zero attached hydrogens (tertiary/aromatic N) is 4. The van der Waals surface area contributed by atoms with Gasteiger partial charge in [-0.05, 0) is 57.2 Å². The van der Waals surface area contributed by atoms with Crippen LogP contribution in [0.1, 0.15) is 35.8 Å². The molecule has 0 spiro atoms. The van der Waals surface area contributed by atoms with E-state index in [9.17, 15) is 4.79 Å². The predicted molar refractivity (Wildman–Crippen MR) is 119 cm³/mol. The molecular weight excluding hydrogens is 380 g/mol. The van der Waals surface area contributed by atoms with Gasteiger partial charge < -0.3 is 9.80 Å². The minimum absolute atomic E-state index is 0.0856. The first-order chi connectivity index (χ1) is 14.0. The number of amides is 1. The van der Waals surface area contributed by atoms with E-state index in [-0.39, 0.29) is 17.9 Å². The third kappa shape index (κ3) is 3.01. The molecule has 150 valence electrons. The summed E-state index contributed by atoms with van der Waals surface area (Å²) in [7, 11) is 0. The summed E-state index contributed by atoms with van der Waals surface area (Å²) >= 11 is 1.73. The number of fused-ring (bicyclic) bond motifs is 2. The number of carbonyl (C=O) groups is 1. The Morgan fingerprint density at radius 1 is 1.14 bits per heavy atom. The molecule has 0 bridgehead atoms. The Morgan fingerprint density at radius 2 is 1.90 bits per heavy atom. The first-order valence-electron chi connectivity index (χ1n) is 10.4. The third-order valence-electron chi connectivity index (χ3n) is 6.53. The molecule has 1 unspecified atom stereocenters. The predicted octanol–water partition coefficient (Wildman–Crippen LogP) is 4.50. The Labute approximate surface area is 175 Å². The van der Waals surface area contributed by atoms with Gasteiger partial charge >= 0.3 is 0 Å². The summed E-state index contributed by atoms with van der Waals surface area (Å²) in [6, 6.07) is 8.58. The number of rotatable bonds is 2. The number of thiophene rings is 1. The lowest BCUT2D eigenvalue weighted by Gasteiger charge is -2.35. The summed E-state index contributed by atoms with van der Waals surface area (Å²) in [6.07, 6.45) is 4.37. The fraction of sp³-hybridized carbons (Fsp3) is 0.435. The zero-order valence-electron chi connectivity index (χ0n) is 17.2. The highest BCUT2D eigenvalue weighted by Crippen LogP contribution is 2.37. The molecule has 3 aromatic rings. The van der Waals surface area contributed by atoms with Crippen LogP contribution in [0.5, 0.6) is 0 Å². The van der Waals surface area contributed by atoms with Crippen molar-refractivity contribution in [3.05, 3.63) is 46.6 Å². The van der Waals surface area contributed by atoms with Gasteiger partial charge in [0.25, 0.3) is 0 Å². The van der Waals surface area contributed by atoms with Gasteiger partial charge in [-0.3, -0.25) is 4.79 Å². The topological polar surface area (TPSA) is 49.3 Å². The lowest BCUT2D eigenvalue weighted by molar-refractivity contribution is -0.123. The second kappa shape index (κ2) is 7.10. The number of benzene rings is 1. The SMILES string of the molecule is Cc1sc2ncnc(N3CCC(C(=O)N4c5ccccc5CC4C)CC3)c2c1C. The van der Waals surface area contributed by atoms with E-state index in [1.165, 1.54) is 21.4 Å². The largest absolute Gasteiger partial charge is 0.356 e. The highest BCUT2D eigenvalue weighted by atomic mass is 32.1. The standard InChI is InChI=1S/C23H26N4OS/c1-14-12-18-6-4-5-7-19(18)27(14)23(28)17-8-10-26(11-9-17)21-20-15(2)16(3)29-22(20)25-13-24-21/h4-7,13-14,17H,8-12H2,1-3H3. The van der Waals surface area contributed by atoms with E-state index in [0.29, 0.717) is 0 Å². The van der Waals surface area contributed by atoms with Crippen LogP contribution in [-0.2, 0) is 11.2 Å². The molecule has 0 saturated carbocycles. The quantitative estimate of drug-likeness (QED) is 0.629. The first-order valence-corrected chi connectivity index (χ1v) is 11.2. The van der Waals surface area contributed by atoms with Crippen LogP contribution in [0.25, 0.3) is 10.2 Å². The second-order valence-electron chi connectivity index (χ2n) is 8.31. The van der Waals surface area contributed by atoms with Gasteiger partial charge in [0.1, 0.15) is 17.0 Å². The summed E-state index contributed by atoms with van der Waals surface area (Å²) in [5.74, 6) is 1.41. The molecule has 1 atom stereocenters. The molecule has 1 amide bonds. The number of hydrogen-bond donors (Lipinski definition) is 0. The Bertz CT molecular complexity index is 1080. The number of para-hydroxylation sites is 1. The van der Waals surface area contributed by atoms with E-state index in [4.69, 9.17) is 0 Å². The van der Waals surface area contributed by atoms with Crippen molar-refractivity contribution in [1.82, 2.24) is 9.97 Å². The fourth-order valence-corrected chi connectivity index (χ4v) is 5.83. The average Bonchev–Trinajstić information content (AvgIpc) is 3.23. The molecule has 4 heterocycles. The number of aromatic nitrogens is 2. The van der Waals surface area contributed by atoms with Crippen LogP contribution in [0.4, 0.5) is 11.5 Å². The normalized spacial score (nSPS) is 19.8. The van der Waals surface area contributed by atoms with Gasteiger partial charge in [-0.15, -0.1) is 11.3 Å². The van der Waals surface area contributed by atoms with E-state index in [1.54, 1.807) is 17.7 Å². The summed E-state index contributed by atoms with van der Waals surface area (Å²) in [6.45, 7) is 8.18. The Morgan fingerprint density at radius 3 is 2.69 bits per heavy atom. The average molecular weight is 407 g/mol. The minimum Gasteiger partial charge on any atom is -0.356 e. The van der Waals surface area contributed by atoms with Crippen LogP contribution in [-0.4, -0.2) is 35.0 Å². The molecule has 2 aliphatic rings. The molecule has 1 saturated heterocycles. The first kappa shape index (κ1) is 18.6. The summed E-state index contributed by atoms with van der Waals surface area (Å²) in [5, 5.41) is 1.18. The monoisotopic (exact) mass is 406 g/mol. The number of carbonyl (C=O) groups excluding carboxylic acids is 1. The highest BCUT2D eigenvalue weighted by Gasteiger charge is 2.36. The van der Waals surface area contributed by atoms with Crippen molar-refractivity contribution in [3.8, 4) is 0 Å². The van der Waals surface area contributed by atoms with Gasteiger partial charge in [0.2, 0.25) is 5.91 Å². The van der Waals surface area contributed by atoms with Crippen molar-refractivity contribution in [2.75, 3.05) is 22.9 Å². The van der Waals surface area contributed by atoms with Crippen molar-refractivity contribution in [1.29, 1.82) is 0 Å². The summed E-state index contributed by atoms with van der Waals surface area (Å²) < 4.78 is 0. The maximum atomic E-state index is 13.4. The Hall–Kier alpha value is -2.47. The van der Waals surface area contributed by atoms with Crippen LogP contribution in [0.3, 0.4) is 0 Å². The van der Waals surface area contributed by atoms with Crippen LogP contribution in [0.2, 0.25) is 0 Å². The maximum Gasteiger partial charge on any atom is 0.230 e. The molecule has 0 aliphatic carbocycles. The van der Waals surface area contributed by atoms with Crippen LogP contribution in [0.15, 0.2) is 30.6 Å². The van der Waals surface area contributed by atoms with E-state index in [0.717, 1.165) is 48.7 Å². The van der Waals surface area contributed by atoms with E-state index in [1.807, 2.05) is 11.0 Å². The zero-order chi connectivity index (χ0) is 20.1. The van der Waals surface area contributed by atoms with Crippen molar-refractivity contribution in [2.24, 2.45) is 5.92 Å². The molecule has 1 aromatic carbocycles.